The maximum atomic E-state index is 12.5. The standard InChI is InChI=1S/C24H23BrCl2N2O3/c1-2-31-22-11-15(9-17(13-28)24(30)29-19-5-3-4-6-19)10-20(25)23(22)32-14-16-7-8-18(26)12-21(16)27/h7-12,19H,2-6,14H2,1H3,(H,29,30)/b17-9-. The molecule has 0 aliphatic heterocycles. The number of nitrogens with zero attached hydrogens (tertiary/aromatic N) is 1. The van der Waals surface area contributed by atoms with Crippen molar-refractivity contribution in [3.63, 3.8) is 0 Å². The van der Waals surface area contributed by atoms with Crippen LogP contribution in [0.15, 0.2) is 40.4 Å². The normalized spacial score (nSPS) is 14.2. The summed E-state index contributed by atoms with van der Waals surface area (Å²) in [5, 5.41) is 13.5. The quantitative estimate of drug-likeness (QED) is 0.300. The zero-order chi connectivity index (χ0) is 23.1. The van der Waals surface area contributed by atoms with Crippen molar-refractivity contribution in [1.29, 1.82) is 5.26 Å². The first-order chi connectivity index (χ1) is 15.4. The highest BCUT2D eigenvalue weighted by Gasteiger charge is 2.20. The number of hydrogen-bond acceptors (Lipinski definition) is 4. The predicted octanol–water partition coefficient (Wildman–Crippen LogP) is 6.70. The molecule has 1 aliphatic carbocycles. The van der Waals surface area contributed by atoms with Crippen LogP contribution in [0.5, 0.6) is 11.5 Å². The van der Waals surface area contributed by atoms with Crippen molar-refractivity contribution < 1.29 is 14.3 Å². The van der Waals surface area contributed by atoms with Crippen LogP contribution in [0.2, 0.25) is 10.0 Å². The van der Waals surface area contributed by atoms with Gasteiger partial charge in [0, 0.05) is 21.7 Å². The van der Waals surface area contributed by atoms with Gasteiger partial charge >= 0.3 is 0 Å². The number of carbonyl (C=O) groups is 1. The Labute approximate surface area is 206 Å². The third-order valence-electron chi connectivity index (χ3n) is 5.09. The summed E-state index contributed by atoms with van der Waals surface area (Å²) < 4.78 is 12.4. The van der Waals surface area contributed by atoms with Gasteiger partial charge in [0.05, 0.1) is 11.1 Å². The summed E-state index contributed by atoms with van der Waals surface area (Å²) in [6, 6.07) is 10.9. The summed E-state index contributed by atoms with van der Waals surface area (Å²) in [6.07, 6.45) is 5.66. The van der Waals surface area contributed by atoms with Crippen molar-refractivity contribution in [3.05, 3.63) is 61.5 Å². The summed E-state index contributed by atoms with van der Waals surface area (Å²) >= 11 is 15.7. The first-order valence-corrected chi connectivity index (χ1v) is 11.9. The zero-order valence-corrected chi connectivity index (χ0v) is 20.7. The number of halogens is 3. The van der Waals surface area contributed by atoms with Crippen LogP contribution in [-0.4, -0.2) is 18.6 Å². The van der Waals surface area contributed by atoms with E-state index in [2.05, 4.69) is 21.2 Å². The molecule has 0 radical (unpaired) electrons. The fraction of sp³-hybridized carbons (Fsp3) is 0.333. The molecule has 0 unspecified atom stereocenters. The molecule has 3 rings (SSSR count). The summed E-state index contributed by atoms with van der Waals surface area (Å²) in [6.45, 7) is 2.51. The first kappa shape index (κ1) is 24.4. The van der Waals surface area contributed by atoms with Gasteiger partial charge in [0.25, 0.3) is 5.91 Å². The fourth-order valence-corrected chi connectivity index (χ4v) is 4.55. The highest BCUT2D eigenvalue weighted by Crippen LogP contribution is 2.38. The van der Waals surface area contributed by atoms with Gasteiger partial charge in [-0.05, 0) is 71.6 Å². The summed E-state index contributed by atoms with van der Waals surface area (Å²) in [5.41, 5.74) is 1.48. The minimum atomic E-state index is -0.355. The van der Waals surface area contributed by atoms with Crippen molar-refractivity contribution in [2.45, 2.75) is 45.3 Å². The van der Waals surface area contributed by atoms with Crippen LogP contribution in [0.25, 0.3) is 6.08 Å². The van der Waals surface area contributed by atoms with Crippen molar-refractivity contribution in [2.24, 2.45) is 0 Å². The Kier molecular flexibility index (Phi) is 8.86. The molecule has 168 valence electrons. The lowest BCUT2D eigenvalue weighted by Crippen LogP contribution is -2.33. The van der Waals surface area contributed by atoms with Gasteiger partial charge in [-0.25, -0.2) is 0 Å². The van der Waals surface area contributed by atoms with E-state index >= 15 is 0 Å². The molecule has 1 N–H and O–H groups in total. The number of amides is 1. The molecular formula is C24H23BrCl2N2O3. The van der Waals surface area contributed by atoms with E-state index in [-0.39, 0.29) is 24.1 Å². The lowest BCUT2D eigenvalue weighted by molar-refractivity contribution is -0.117. The van der Waals surface area contributed by atoms with Crippen LogP contribution >= 0.6 is 39.1 Å². The second-order valence-electron chi connectivity index (χ2n) is 7.41. The number of rotatable bonds is 8. The Morgan fingerprint density at radius 1 is 1.25 bits per heavy atom. The number of carbonyl (C=O) groups excluding carboxylic acids is 1. The van der Waals surface area contributed by atoms with E-state index in [1.807, 2.05) is 13.0 Å². The van der Waals surface area contributed by atoms with Gasteiger partial charge in [0.2, 0.25) is 0 Å². The molecule has 1 saturated carbocycles. The molecule has 32 heavy (non-hydrogen) atoms. The highest BCUT2D eigenvalue weighted by atomic mass is 79.9. The molecule has 2 aromatic carbocycles. The molecule has 0 bridgehead atoms. The number of benzene rings is 2. The predicted molar refractivity (Wildman–Crippen MR) is 130 cm³/mol. The first-order valence-electron chi connectivity index (χ1n) is 10.4. The lowest BCUT2D eigenvalue weighted by atomic mass is 10.1. The van der Waals surface area contributed by atoms with Gasteiger partial charge in [-0.3, -0.25) is 4.79 Å². The van der Waals surface area contributed by atoms with Gasteiger partial charge in [0.1, 0.15) is 18.2 Å². The van der Waals surface area contributed by atoms with Crippen molar-refractivity contribution in [3.8, 4) is 17.6 Å². The molecule has 1 fully saturated rings. The Hall–Kier alpha value is -2.20. The second kappa shape index (κ2) is 11.6. The smallest absolute Gasteiger partial charge is 0.262 e. The van der Waals surface area contributed by atoms with E-state index in [1.54, 1.807) is 36.4 Å². The van der Waals surface area contributed by atoms with Gasteiger partial charge in [-0.15, -0.1) is 0 Å². The third-order valence-corrected chi connectivity index (χ3v) is 6.26. The molecule has 0 spiro atoms. The second-order valence-corrected chi connectivity index (χ2v) is 9.11. The summed E-state index contributed by atoms with van der Waals surface area (Å²) in [5.74, 6) is 0.641. The van der Waals surface area contributed by atoms with Crippen LogP contribution in [0.1, 0.15) is 43.7 Å². The van der Waals surface area contributed by atoms with Crippen LogP contribution < -0.4 is 14.8 Å². The van der Waals surface area contributed by atoms with E-state index < -0.39 is 0 Å². The zero-order valence-electron chi connectivity index (χ0n) is 17.6. The number of ether oxygens (including phenoxy) is 2. The highest BCUT2D eigenvalue weighted by molar-refractivity contribution is 9.10. The van der Waals surface area contributed by atoms with E-state index in [0.717, 1.165) is 31.2 Å². The van der Waals surface area contributed by atoms with Crippen molar-refractivity contribution in [1.82, 2.24) is 5.32 Å². The van der Waals surface area contributed by atoms with Crippen LogP contribution in [0.4, 0.5) is 0 Å². The Morgan fingerprint density at radius 3 is 2.66 bits per heavy atom. The monoisotopic (exact) mass is 536 g/mol. The Balaban J connectivity index is 1.82. The van der Waals surface area contributed by atoms with Gasteiger partial charge in [-0.1, -0.05) is 42.1 Å². The number of hydrogen-bond donors (Lipinski definition) is 1. The van der Waals surface area contributed by atoms with Crippen LogP contribution in [0.3, 0.4) is 0 Å². The Bertz CT molecular complexity index is 1060. The van der Waals surface area contributed by atoms with Gasteiger partial charge < -0.3 is 14.8 Å². The molecule has 0 aromatic heterocycles. The van der Waals surface area contributed by atoms with E-state index in [4.69, 9.17) is 32.7 Å². The van der Waals surface area contributed by atoms with E-state index in [0.29, 0.717) is 38.2 Å². The molecule has 1 aliphatic rings. The lowest BCUT2D eigenvalue weighted by Gasteiger charge is -2.16. The van der Waals surface area contributed by atoms with Crippen molar-refractivity contribution in [2.75, 3.05) is 6.61 Å². The number of nitrogens with one attached hydrogen (secondary N) is 1. The maximum Gasteiger partial charge on any atom is 0.262 e. The SMILES string of the molecule is CCOc1cc(/C=C(/C#N)C(=O)NC2CCCC2)cc(Br)c1OCc1ccc(Cl)cc1Cl. The molecule has 2 aromatic rings. The largest absolute Gasteiger partial charge is 0.490 e. The van der Waals surface area contributed by atoms with E-state index in [1.165, 1.54) is 0 Å². The van der Waals surface area contributed by atoms with Gasteiger partial charge in [0.15, 0.2) is 11.5 Å². The molecule has 0 heterocycles. The van der Waals surface area contributed by atoms with Crippen molar-refractivity contribution >= 4 is 51.1 Å². The molecule has 8 heteroatoms. The average molecular weight is 538 g/mol. The summed E-state index contributed by atoms with van der Waals surface area (Å²) in [7, 11) is 0. The van der Waals surface area contributed by atoms with E-state index in [9.17, 15) is 10.1 Å². The van der Waals surface area contributed by atoms with Crippen LogP contribution in [-0.2, 0) is 11.4 Å². The third kappa shape index (κ3) is 6.41. The molecule has 0 saturated heterocycles. The maximum absolute atomic E-state index is 12.5. The Morgan fingerprint density at radius 2 is 2.00 bits per heavy atom. The molecule has 5 nitrogen and oxygen atoms in total. The van der Waals surface area contributed by atoms with Gasteiger partial charge in [-0.2, -0.15) is 5.26 Å². The number of nitriles is 1. The minimum Gasteiger partial charge on any atom is -0.490 e. The molecular weight excluding hydrogens is 515 g/mol. The summed E-state index contributed by atoms with van der Waals surface area (Å²) in [4.78, 5) is 12.5. The molecule has 0 atom stereocenters. The fourth-order valence-electron chi connectivity index (χ4n) is 3.51. The molecule has 1 amide bonds. The average Bonchev–Trinajstić information content (AvgIpc) is 3.25. The topological polar surface area (TPSA) is 71.3 Å². The minimum absolute atomic E-state index is 0.0489. The van der Waals surface area contributed by atoms with Crippen LogP contribution in [0, 0.1) is 11.3 Å².